The van der Waals surface area contributed by atoms with Crippen LogP contribution in [-0.2, 0) is 0 Å². The Morgan fingerprint density at radius 1 is 0.885 bits per heavy atom. The number of hydrogen-bond acceptors (Lipinski definition) is 4. The molecular formula is C22H19N3O. The first-order valence-electron chi connectivity index (χ1n) is 8.23. The average Bonchev–Trinajstić information content (AvgIpc) is 3.13. The van der Waals surface area contributed by atoms with E-state index in [1.165, 1.54) is 0 Å². The molecule has 0 N–H and O–H groups in total. The van der Waals surface area contributed by atoms with Gasteiger partial charge in [-0.15, -0.1) is 0 Å². The molecule has 128 valence electrons. The maximum Gasteiger partial charge on any atom is 0.219 e. The number of anilines is 1. The molecule has 3 aromatic rings. The van der Waals surface area contributed by atoms with Crippen LogP contribution in [0.3, 0.4) is 0 Å². The summed E-state index contributed by atoms with van der Waals surface area (Å²) < 4.78 is 5.69. The number of benzene rings is 2. The Labute approximate surface area is 153 Å². The SMILES string of the molecule is CN(C)c1ccc(/C=C/c2cnc(/C=C/c3ccc(C#N)cc3)o2)cc1. The second kappa shape index (κ2) is 8.00. The van der Waals surface area contributed by atoms with Crippen molar-refractivity contribution in [1.29, 1.82) is 5.26 Å². The lowest BCUT2D eigenvalue weighted by atomic mass is 10.1. The molecule has 2 aromatic carbocycles. The van der Waals surface area contributed by atoms with E-state index in [1.807, 2.05) is 50.5 Å². The lowest BCUT2D eigenvalue weighted by molar-refractivity contribution is 0.538. The van der Waals surface area contributed by atoms with Crippen LogP contribution in [0.25, 0.3) is 24.3 Å². The van der Waals surface area contributed by atoms with Crippen LogP contribution < -0.4 is 4.90 Å². The van der Waals surface area contributed by atoms with Gasteiger partial charge in [0.15, 0.2) is 0 Å². The first-order valence-corrected chi connectivity index (χ1v) is 8.23. The minimum absolute atomic E-state index is 0.539. The molecule has 0 unspecified atom stereocenters. The van der Waals surface area contributed by atoms with E-state index in [0.29, 0.717) is 17.2 Å². The topological polar surface area (TPSA) is 53.1 Å². The van der Waals surface area contributed by atoms with Gasteiger partial charge in [0.25, 0.3) is 0 Å². The molecule has 4 heteroatoms. The van der Waals surface area contributed by atoms with E-state index >= 15 is 0 Å². The molecule has 0 bridgehead atoms. The zero-order valence-corrected chi connectivity index (χ0v) is 14.8. The summed E-state index contributed by atoms with van der Waals surface area (Å²) in [7, 11) is 4.04. The zero-order valence-electron chi connectivity index (χ0n) is 14.8. The predicted octanol–water partition coefficient (Wildman–Crippen LogP) is 4.95. The average molecular weight is 341 g/mol. The van der Waals surface area contributed by atoms with Gasteiger partial charge in [0.05, 0.1) is 17.8 Å². The molecule has 0 fully saturated rings. The minimum atomic E-state index is 0.539. The van der Waals surface area contributed by atoms with Crippen molar-refractivity contribution < 1.29 is 4.42 Å². The first kappa shape index (κ1) is 17.2. The van der Waals surface area contributed by atoms with Gasteiger partial charge in [-0.25, -0.2) is 4.98 Å². The Kier molecular flexibility index (Phi) is 5.31. The Bertz CT molecular complexity index is 956. The van der Waals surface area contributed by atoms with Crippen molar-refractivity contribution in [2.75, 3.05) is 19.0 Å². The largest absolute Gasteiger partial charge is 0.437 e. The minimum Gasteiger partial charge on any atom is -0.437 e. The molecule has 0 amide bonds. The lowest BCUT2D eigenvalue weighted by Crippen LogP contribution is -2.07. The van der Waals surface area contributed by atoms with E-state index < -0.39 is 0 Å². The quantitative estimate of drug-likeness (QED) is 0.658. The number of rotatable bonds is 5. The van der Waals surface area contributed by atoms with Gasteiger partial charge in [-0.1, -0.05) is 30.3 Å². The summed E-state index contributed by atoms with van der Waals surface area (Å²) in [5.74, 6) is 1.23. The summed E-state index contributed by atoms with van der Waals surface area (Å²) in [6.07, 6.45) is 9.30. The number of nitrogens with zero attached hydrogens (tertiary/aromatic N) is 3. The van der Waals surface area contributed by atoms with E-state index in [4.69, 9.17) is 9.68 Å². The highest BCUT2D eigenvalue weighted by Gasteiger charge is 1.98. The predicted molar refractivity (Wildman–Crippen MR) is 106 cm³/mol. The Hall–Kier alpha value is -3.58. The molecule has 26 heavy (non-hydrogen) atoms. The van der Waals surface area contributed by atoms with E-state index in [1.54, 1.807) is 18.3 Å². The third kappa shape index (κ3) is 4.49. The summed E-state index contributed by atoms with van der Waals surface area (Å²) in [6.45, 7) is 0. The fraction of sp³-hybridized carbons (Fsp3) is 0.0909. The fourth-order valence-electron chi connectivity index (χ4n) is 2.35. The highest BCUT2D eigenvalue weighted by Crippen LogP contribution is 2.16. The first-order chi connectivity index (χ1) is 12.6. The van der Waals surface area contributed by atoms with Gasteiger partial charge in [-0.05, 0) is 47.5 Å². The number of oxazole rings is 1. The van der Waals surface area contributed by atoms with Crippen molar-refractivity contribution in [3.05, 3.63) is 83.1 Å². The monoisotopic (exact) mass is 341 g/mol. The molecule has 1 heterocycles. The number of aromatic nitrogens is 1. The molecule has 3 rings (SSSR count). The van der Waals surface area contributed by atoms with Crippen molar-refractivity contribution in [2.24, 2.45) is 0 Å². The van der Waals surface area contributed by atoms with Crippen molar-refractivity contribution in [2.45, 2.75) is 0 Å². The van der Waals surface area contributed by atoms with Crippen LogP contribution in [0.2, 0.25) is 0 Å². The third-order valence-corrected chi connectivity index (χ3v) is 3.85. The van der Waals surface area contributed by atoms with Gasteiger partial charge in [0.1, 0.15) is 5.76 Å². The summed E-state index contributed by atoms with van der Waals surface area (Å²) in [6, 6.07) is 17.7. The molecule has 1 aromatic heterocycles. The van der Waals surface area contributed by atoms with Crippen LogP contribution in [0, 0.1) is 11.3 Å². The van der Waals surface area contributed by atoms with Gasteiger partial charge >= 0.3 is 0 Å². The Balaban J connectivity index is 1.65. The van der Waals surface area contributed by atoms with Gasteiger partial charge < -0.3 is 9.32 Å². The van der Waals surface area contributed by atoms with Crippen LogP contribution in [-0.4, -0.2) is 19.1 Å². The molecular weight excluding hydrogens is 322 g/mol. The Morgan fingerprint density at radius 3 is 2.12 bits per heavy atom. The van der Waals surface area contributed by atoms with Crippen molar-refractivity contribution >= 4 is 30.0 Å². The molecule has 0 saturated carbocycles. The molecule has 0 radical (unpaired) electrons. The maximum absolute atomic E-state index is 8.81. The van der Waals surface area contributed by atoms with E-state index in [0.717, 1.165) is 16.8 Å². The molecule has 0 atom stereocenters. The number of hydrogen-bond donors (Lipinski definition) is 0. The number of nitriles is 1. The summed E-state index contributed by atoms with van der Waals surface area (Å²) >= 11 is 0. The lowest BCUT2D eigenvalue weighted by Gasteiger charge is -2.11. The van der Waals surface area contributed by atoms with Gasteiger partial charge in [0.2, 0.25) is 5.89 Å². The highest BCUT2D eigenvalue weighted by molar-refractivity contribution is 5.70. The summed E-state index contributed by atoms with van der Waals surface area (Å²) in [5, 5.41) is 8.81. The van der Waals surface area contributed by atoms with Gasteiger partial charge in [-0.2, -0.15) is 5.26 Å². The van der Waals surface area contributed by atoms with Crippen molar-refractivity contribution in [1.82, 2.24) is 4.98 Å². The van der Waals surface area contributed by atoms with E-state index in [-0.39, 0.29) is 0 Å². The second-order valence-corrected chi connectivity index (χ2v) is 5.99. The summed E-state index contributed by atoms with van der Waals surface area (Å²) in [5.41, 5.74) is 3.89. The summed E-state index contributed by atoms with van der Waals surface area (Å²) in [4.78, 5) is 6.32. The molecule has 4 nitrogen and oxygen atoms in total. The maximum atomic E-state index is 8.81. The van der Waals surface area contributed by atoms with Crippen LogP contribution in [0.4, 0.5) is 5.69 Å². The van der Waals surface area contributed by atoms with Crippen molar-refractivity contribution in [3.8, 4) is 6.07 Å². The zero-order chi connectivity index (χ0) is 18.4. The van der Waals surface area contributed by atoms with Crippen LogP contribution in [0.1, 0.15) is 28.3 Å². The third-order valence-electron chi connectivity index (χ3n) is 3.85. The molecule has 0 aliphatic rings. The van der Waals surface area contributed by atoms with Crippen LogP contribution in [0.15, 0.2) is 59.1 Å². The molecule has 0 aliphatic heterocycles. The van der Waals surface area contributed by atoms with Crippen molar-refractivity contribution in [3.63, 3.8) is 0 Å². The van der Waals surface area contributed by atoms with E-state index in [2.05, 4.69) is 40.2 Å². The fourth-order valence-corrected chi connectivity index (χ4v) is 2.35. The molecule has 0 aliphatic carbocycles. The molecule has 0 spiro atoms. The highest BCUT2D eigenvalue weighted by atomic mass is 16.3. The van der Waals surface area contributed by atoms with Gasteiger partial charge in [0, 0.05) is 25.9 Å². The van der Waals surface area contributed by atoms with Crippen LogP contribution >= 0.6 is 0 Å². The van der Waals surface area contributed by atoms with Gasteiger partial charge in [-0.3, -0.25) is 0 Å². The van der Waals surface area contributed by atoms with Crippen LogP contribution in [0.5, 0.6) is 0 Å². The second-order valence-electron chi connectivity index (χ2n) is 5.99. The normalized spacial score (nSPS) is 11.1. The standard InChI is InChI=1S/C22H19N3O/c1-25(2)20-11-7-18(8-12-20)9-13-21-16-24-22(26-21)14-10-17-3-5-19(15-23)6-4-17/h3-14,16H,1-2H3/b13-9+,14-10+. The van der Waals surface area contributed by atoms with E-state index in [9.17, 15) is 0 Å². The Morgan fingerprint density at radius 2 is 1.50 bits per heavy atom. The smallest absolute Gasteiger partial charge is 0.219 e. The molecule has 0 saturated heterocycles.